The second-order valence-electron chi connectivity index (χ2n) is 7.69. The highest BCUT2D eigenvalue weighted by atomic mass is 35.5. The Morgan fingerprint density at radius 2 is 1.83 bits per heavy atom. The molecular weight excluding hydrogens is 404 g/mol. The number of primary amides is 1. The average molecular weight is 429 g/mol. The molecule has 30 heavy (non-hydrogen) atoms. The first-order valence-corrected chi connectivity index (χ1v) is 10.3. The summed E-state index contributed by atoms with van der Waals surface area (Å²) in [6, 6.07) is 13.6. The van der Waals surface area contributed by atoms with Gasteiger partial charge in [0.2, 0.25) is 5.78 Å². The molecule has 2 atom stereocenters. The maximum absolute atomic E-state index is 13.2. The highest BCUT2D eigenvalue weighted by molar-refractivity contribution is 6.38. The lowest BCUT2D eigenvalue weighted by Crippen LogP contribution is -2.52. The largest absolute Gasteiger partial charge is 0.489 e. The maximum Gasteiger partial charge on any atom is 0.287 e. The van der Waals surface area contributed by atoms with Crippen LogP contribution < -0.4 is 10.5 Å². The van der Waals surface area contributed by atoms with E-state index >= 15 is 0 Å². The first-order valence-electron chi connectivity index (χ1n) is 9.93. The Hall–Kier alpha value is -2.86. The number of hydrogen-bond donors (Lipinski definition) is 1. The lowest BCUT2D eigenvalue weighted by molar-refractivity contribution is -0.139. The smallest absolute Gasteiger partial charge is 0.287 e. The quantitative estimate of drug-likeness (QED) is 0.712. The van der Waals surface area contributed by atoms with Gasteiger partial charge in [-0.05, 0) is 56.4 Å². The molecule has 0 aromatic heterocycles. The molecule has 1 fully saturated rings. The molecule has 3 rings (SSSR count). The fraction of sp³-hybridized carbons (Fsp3) is 0.348. The van der Waals surface area contributed by atoms with Crippen molar-refractivity contribution in [1.29, 1.82) is 0 Å². The topological polar surface area (TPSA) is 89.7 Å². The van der Waals surface area contributed by atoms with Crippen LogP contribution in [0.2, 0.25) is 5.02 Å². The number of ether oxygens (including phenoxy) is 1. The highest BCUT2D eigenvalue weighted by Crippen LogP contribution is 2.34. The minimum atomic E-state index is -1.04. The zero-order chi connectivity index (χ0) is 21.8. The number of hydrogen-bond acceptors (Lipinski definition) is 4. The Balaban J connectivity index is 1.86. The van der Waals surface area contributed by atoms with Crippen LogP contribution in [0.1, 0.15) is 48.5 Å². The summed E-state index contributed by atoms with van der Waals surface area (Å²) in [5, 5.41) is 0.312. The number of Topliss-reactive ketones (excluding diaryl/α,β-unsaturated/α-hetero) is 1. The van der Waals surface area contributed by atoms with Gasteiger partial charge in [-0.3, -0.25) is 14.4 Å². The van der Waals surface area contributed by atoms with Crippen molar-refractivity contribution in [3.05, 3.63) is 64.7 Å². The number of benzene rings is 2. The number of rotatable bonds is 6. The molecule has 2 aromatic carbocycles. The van der Waals surface area contributed by atoms with Gasteiger partial charge in [0.25, 0.3) is 11.8 Å². The van der Waals surface area contributed by atoms with Gasteiger partial charge in [-0.1, -0.05) is 41.9 Å². The van der Waals surface area contributed by atoms with E-state index in [9.17, 15) is 14.4 Å². The van der Waals surface area contributed by atoms with Crippen LogP contribution in [0.25, 0.3) is 0 Å². The summed E-state index contributed by atoms with van der Waals surface area (Å²) in [6.45, 7) is 4.10. The first-order chi connectivity index (χ1) is 14.3. The molecule has 0 bridgehead atoms. The molecule has 0 aliphatic carbocycles. The summed E-state index contributed by atoms with van der Waals surface area (Å²) >= 11 is 6.27. The molecular formula is C23H25ClN2O4. The Labute approximate surface area is 180 Å². The SMILES string of the molecule is CC(C)Oc1ccc(C(=O)N2CCC(c3ccccc3)CC2C(=O)C(N)=O)cc1Cl. The minimum Gasteiger partial charge on any atom is -0.489 e. The Kier molecular flexibility index (Phi) is 6.77. The third-order valence-electron chi connectivity index (χ3n) is 5.22. The van der Waals surface area contributed by atoms with Crippen LogP contribution in [0.4, 0.5) is 0 Å². The van der Waals surface area contributed by atoms with Crippen LogP contribution in [-0.2, 0) is 9.59 Å². The number of amides is 2. The van der Waals surface area contributed by atoms with E-state index in [0.29, 0.717) is 35.7 Å². The normalized spacial score (nSPS) is 18.9. The van der Waals surface area contributed by atoms with Gasteiger partial charge in [-0.15, -0.1) is 0 Å². The number of piperidine rings is 1. The molecule has 6 nitrogen and oxygen atoms in total. The predicted octanol–water partition coefficient (Wildman–Crippen LogP) is 3.57. The van der Waals surface area contributed by atoms with E-state index in [-0.39, 0.29) is 17.9 Å². The van der Waals surface area contributed by atoms with Crippen LogP contribution >= 0.6 is 11.6 Å². The Morgan fingerprint density at radius 3 is 2.43 bits per heavy atom. The molecule has 0 radical (unpaired) electrons. The molecule has 1 saturated heterocycles. The molecule has 7 heteroatoms. The van der Waals surface area contributed by atoms with Gasteiger partial charge < -0.3 is 15.4 Å². The molecule has 1 aliphatic heterocycles. The average Bonchev–Trinajstić information content (AvgIpc) is 2.74. The highest BCUT2D eigenvalue weighted by Gasteiger charge is 2.39. The molecule has 1 heterocycles. The van der Waals surface area contributed by atoms with Crippen molar-refractivity contribution in [2.24, 2.45) is 5.73 Å². The summed E-state index contributed by atoms with van der Waals surface area (Å²) in [6.07, 6.45) is 0.971. The van der Waals surface area contributed by atoms with E-state index in [1.54, 1.807) is 12.1 Å². The summed E-state index contributed by atoms with van der Waals surface area (Å²) in [4.78, 5) is 38.8. The maximum atomic E-state index is 13.2. The monoisotopic (exact) mass is 428 g/mol. The van der Waals surface area contributed by atoms with E-state index in [1.165, 1.54) is 11.0 Å². The van der Waals surface area contributed by atoms with E-state index in [1.807, 2.05) is 44.2 Å². The molecule has 2 unspecified atom stereocenters. The summed E-state index contributed by atoms with van der Waals surface area (Å²) < 4.78 is 5.61. The van der Waals surface area contributed by atoms with Crippen LogP contribution in [0, 0.1) is 0 Å². The molecule has 2 amide bonds. The predicted molar refractivity (Wildman–Crippen MR) is 115 cm³/mol. The van der Waals surface area contributed by atoms with Crippen LogP contribution in [0.5, 0.6) is 5.75 Å². The fourth-order valence-electron chi connectivity index (χ4n) is 3.80. The molecule has 0 spiro atoms. The van der Waals surface area contributed by atoms with Crippen molar-refractivity contribution < 1.29 is 19.1 Å². The van der Waals surface area contributed by atoms with E-state index in [2.05, 4.69) is 0 Å². The number of halogens is 1. The Bertz CT molecular complexity index is 945. The first kappa shape index (κ1) is 21.8. The van der Waals surface area contributed by atoms with E-state index in [4.69, 9.17) is 22.1 Å². The summed E-state index contributed by atoms with van der Waals surface area (Å²) in [7, 11) is 0. The van der Waals surface area contributed by atoms with Gasteiger partial charge >= 0.3 is 0 Å². The molecule has 1 aliphatic rings. The third-order valence-corrected chi connectivity index (χ3v) is 5.52. The van der Waals surface area contributed by atoms with Gasteiger partial charge in [0, 0.05) is 12.1 Å². The number of carbonyl (C=O) groups excluding carboxylic acids is 3. The van der Waals surface area contributed by atoms with Gasteiger partial charge in [0.1, 0.15) is 11.8 Å². The van der Waals surface area contributed by atoms with Gasteiger partial charge in [-0.25, -0.2) is 0 Å². The second-order valence-corrected chi connectivity index (χ2v) is 8.09. The fourth-order valence-corrected chi connectivity index (χ4v) is 4.02. The second kappa shape index (κ2) is 9.30. The lowest BCUT2D eigenvalue weighted by atomic mass is 9.83. The van der Waals surface area contributed by atoms with E-state index in [0.717, 1.165) is 5.56 Å². The summed E-state index contributed by atoms with van der Waals surface area (Å²) in [5.74, 6) is -1.61. The van der Waals surface area contributed by atoms with Crippen LogP contribution in [0.15, 0.2) is 48.5 Å². The van der Waals surface area contributed by atoms with Crippen molar-refractivity contribution in [2.75, 3.05) is 6.54 Å². The standard InChI is InChI=1S/C23H25ClN2O4/c1-14(2)30-20-9-8-17(12-18(20)24)23(29)26-11-10-16(15-6-4-3-5-7-15)13-19(26)21(27)22(25)28/h3-9,12,14,16,19H,10-11,13H2,1-2H3,(H2,25,28). The molecule has 2 N–H and O–H groups in total. The van der Waals surface area contributed by atoms with Crippen molar-refractivity contribution in [1.82, 2.24) is 4.90 Å². The molecule has 2 aromatic rings. The Morgan fingerprint density at radius 1 is 1.13 bits per heavy atom. The molecule has 158 valence electrons. The van der Waals surface area contributed by atoms with Crippen molar-refractivity contribution in [3.63, 3.8) is 0 Å². The zero-order valence-electron chi connectivity index (χ0n) is 17.0. The third kappa shape index (κ3) is 4.82. The summed E-state index contributed by atoms with van der Waals surface area (Å²) in [5.41, 5.74) is 6.68. The van der Waals surface area contributed by atoms with Crippen LogP contribution in [-0.4, -0.2) is 41.2 Å². The zero-order valence-corrected chi connectivity index (χ0v) is 17.8. The van der Waals surface area contributed by atoms with Crippen molar-refractivity contribution in [3.8, 4) is 5.75 Å². The number of nitrogens with two attached hydrogens (primary N) is 1. The minimum absolute atomic E-state index is 0.0568. The van der Waals surface area contributed by atoms with Crippen LogP contribution in [0.3, 0.4) is 0 Å². The molecule has 0 saturated carbocycles. The van der Waals surface area contributed by atoms with E-state index < -0.39 is 17.7 Å². The van der Waals surface area contributed by atoms with Crippen molar-refractivity contribution in [2.45, 2.75) is 44.8 Å². The lowest BCUT2D eigenvalue weighted by Gasteiger charge is -2.38. The number of carbonyl (C=O) groups is 3. The van der Waals surface area contributed by atoms with Gasteiger partial charge in [0.15, 0.2) is 0 Å². The van der Waals surface area contributed by atoms with Gasteiger partial charge in [0.05, 0.1) is 11.1 Å². The van der Waals surface area contributed by atoms with Gasteiger partial charge in [-0.2, -0.15) is 0 Å². The number of likely N-dealkylation sites (tertiary alicyclic amines) is 1. The number of nitrogens with zero attached hydrogens (tertiary/aromatic N) is 1. The van der Waals surface area contributed by atoms with Crippen molar-refractivity contribution >= 4 is 29.2 Å². The number of ketones is 1.